The normalized spacial score (nSPS) is 18.5. The summed E-state index contributed by atoms with van der Waals surface area (Å²) in [7, 11) is -2.82. The Morgan fingerprint density at radius 1 is 1.36 bits per heavy atom. The van der Waals surface area contributed by atoms with E-state index in [0.29, 0.717) is 12.6 Å². The molecule has 0 bridgehead atoms. The Bertz CT molecular complexity index is 260. The quantitative estimate of drug-likeness (QED) is 0.668. The molecule has 5 heteroatoms. The maximum absolute atomic E-state index is 11.0. The van der Waals surface area contributed by atoms with Crippen LogP contribution in [0.3, 0.4) is 0 Å². The summed E-state index contributed by atoms with van der Waals surface area (Å²) in [5.41, 5.74) is 0. The van der Waals surface area contributed by atoms with E-state index in [1.807, 2.05) is 0 Å². The van der Waals surface area contributed by atoms with E-state index in [2.05, 4.69) is 17.1 Å². The molecule has 0 aromatic heterocycles. The van der Waals surface area contributed by atoms with Gasteiger partial charge in [-0.25, -0.2) is 8.42 Å². The third-order valence-corrected chi connectivity index (χ3v) is 3.46. The molecule has 14 heavy (non-hydrogen) atoms. The summed E-state index contributed by atoms with van der Waals surface area (Å²) in [4.78, 5) is 2.28. The van der Waals surface area contributed by atoms with Gasteiger partial charge in [-0.15, -0.1) is 0 Å². The fourth-order valence-corrected chi connectivity index (χ4v) is 2.15. The van der Waals surface area contributed by atoms with Crippen molar-refractivity contribution in [2.45, 2.75) is 19.4 Å². The lowest BCUT2D eigenvalue weighted by Gasteiger charge is -2.38. The zero-order valence-electron chi connectivity index (χ0n) is 8.99. The highest BCUT2D eigenvalue weighted by Crippen LogP contribution is 2.06. The summed E-state index contributed by atoms with van der Waals surface area (Å²) in [6.45, 7) is 5.81. The molecular weight excluding hydrogens is 200 g/mol. The molecule has 1 aliphatic heterocycles. The molecule has 84 valence electrons. The van der Waals surface area contributed by atoms with Gasteiger partial charge in [0.05, 0.1) is 5.75 Å². The molecule has 4 nitrogen and oxygen atoms in total. The van der Waals surface area contributed by atoms with Crippen LogP contribution in [-0.4, -0.2) is 57.5 Å². The molecule has 0 amide bonds. The second-order valence-electron chi connectivity index (χ2n) is 3.98. The van der Waals surface area contributed by atoms with Gasteiger partial charge in [-0.05, 0) is 13.0 Å². The van der Waals surface area contributed by atoms with Crippen molar-refractivity contribution in [1.29, 1.82) is 0 Å². The minimum Gasteiger partial charge on any atom is -0.314 e. The van der Waals surface area contributed by atoms with Crippen molar-refractivity contribution in [3.8, 4) is 0 Å². The van der Waals surface area contributed by atoms with Crippen LogP contribution in [0.15, 0.2) is 0 Å². The number of hydrogen-bond acceptors (Lipinski definition) is 4. The SMILES string of the molecule is CCCN(CCS(C)(=O)=O)C1CNC1. The Kier molecular flexibility index (Phi) is 4.34. The van der Waals surface area contributed by atoms with E-state index < -0.39 is 9.84 Å². The minimum absolute atomic E-state index is 0.281. The highest BCUT2D eigenvalue weighted by molar-refractivity contribution is 7.90. The molecule has 1 saturated heterocycles. The van der Waals surface area contributed by atoms with Crippen molar-refractivity contribution in [3.05, 3.63) is 0 Å². The van der Waals surface area contributed by atoms with E-state index >= 15 is 0 Å². The molecular formula is C9H20N2O2S. The first kappa shape index (κ1) is 11.9. The van der Waals surface area contributed by atoms with Gasteiger partial charge in [0.1, 0.15) is 9.84 Å². The van der Waals surface area contributed by atoms with Crippen LogP contribution in [0, 0.1) is 0 Å². The topological polar surface area (TPSA) is 49.4 Å². The second kappa shape index (κ2) is 5.09. The molecule has 0 radical (unpaired) electrons. The van der Waals surface area contributed by atoms with Crippen LogP contribution in [0.2, 0.25) is 0 Å². The van der Waals surface area contributed by atoms with E-state index in [4.69, 9.17) is 0 Å². The first-order valence-electron chi connectivity index (χ1n) is 5.15. The molecule has 1 aliphatic rings. The Morgan fingerprint density at radius 3 is 2.36 bits per heavy atom. The monoisotopic (exact) mass is 220 g/mol. The second-order valence-corrected chi connectivity index (χ2v) is 6.24. The zero-order valence-corrected chi connectivity index (χ0v) is 9.81. The maximum atomic E-state index is 11.0. The molecule has 0 atom stereocenters. The fraction of sp³-hybridized carbons (Fsp3) is 1.00. The van der Waals surface area contributed by atoms with Crippen molar-refractivity contribution < 1.29 is 8.42 Å². The Morgan fingerprint density at radius 2 is 2.00 bits per heavy atom. The predicted molar refractivity (Wildman–Crippen MR) is 58.2 cm³/mol. The standard InChI is InChI=1S/C9H20N2O2S/c1-3-4-11(9-7-10-8-9)5-6-14(2,12)13/h9-10H,3-8H2,1-2H3. The van der Waals surface area contributed by atoms with Gasteiger partial charge in [0, 0.05) is 31.9 Å². The maximum Gasteiger partial charge on any atom is 0.148 e. The Balaban J connectivity index is 2.35. The highest BCUT2D eigenvalue weighted by atomic mass is 32.2. The first-order chi connectivity index (χ1) is 6.53. The van der Waals surface area contributed by atoms with Gasteiger partial charge in [0.2, 0.25) is 0 Å². The lowest BCUT2D eigenvalue weighted by atomic mass is 10.1. The average molecular weight is 220 g/mol. The summed E-state index contributed by atoms with van der Waals surface area (Å²) in [6.07, 6.45) is 2.39. The molecule has 0 saturated carbocycles. The number of rotatable bonds is 6. The van der Waals surface area contributed by atoms with Crippen LogP contribution in [0.4, 0.5) is 0 Å². The van der Waals surface area contributed by atoms with Crippen molar-refractivity contribution in [1.82, 2.24) is 10.2 Å². The van der Waals surface area contributed by atoms with Gasteiger partial charge in [-0.3, -0.25) is 4.90 Å². The fourth-order valence-electron chi connectivity index (χ4n) is 1.58. The molecule has 0 aromatic carbocycles. The van der Waals surface area contributed by atoms with Crippen LogP contribution in [0.25, 0.3) is 0 Å². The predicted octanol–water partition coefficient (Wildman–Crippen LogP) is -0.285. The van der Waals surface area contributed by atoms with E-state index in [1.165, 1.54) is 6.26 Å². The summed E-state index contributed by atoms with van der Waals surface area (Å²) in [5, 5.41) is 3.21. The van der Waals surface area contributed by atoms with Gasteiger partial charge in [-0.1, -0.05) is 6.92 Å². The molecule has 0 spiro atoms. The largest absolute Gasteiger partial charge is 0.314 e. The number of nitrogens with one attached hydrogen (secondary N) is 1. The third kappa shape index (κ3) is 3.94. The minimum atomic E-state index is -2.82. The van der Waals surface area contributed by atoms with Crippen molar-refractivity contribution in [2.75, 3.05) is 38.2 Å². The van der Waals surface area contributed by atoms with E-state index in [-0.39, 0.29) is 5.75 Å². The molecule has 0 aromatic rings. The van der Waals surface area contributed by atoms with Gasteiger partial charge in [0.15, 0.2) is 0 Å². The molecule has 0 unspecified atom stereocenters. The Labute approximate surface area is 86.6 Å². The van der Waals surface area contributed by atoms with Crippen LogP contribution in [0.5, 0.6) is 0 Å². The summed E-state index contributed by atoms with van der Waals surface area (Å²) in [6, 6.07) is 0.552. The van der Waals surface area contributed by atoms with Crippen molar-refractivity contribution >= 4 is 9.84 Å². The lowest BCUT2D eigenvalue weighted by molar-refractivity contribution is 0.154. The molecule has 1 rings (SSSR count). The number of nitrogens with zero attached hydrogens (tertiary/aromatic N) is 1. The van der Waals surface area contributed by atoms with Crippen LogP contribution in [0.1, 0.15) is 13.3 Å². The summed E-state index contributed by atoms with van der Waals surface area (Å²) in [5.74, 6) is 0.281. The molecule has 0 aliphatic carbocycles. The smallest absolute Gasteiger partial charge is 0.148 e. The first-order valence-corrected chi connectivity index (χ1v) is 7.21. The van der Waals surface area contributed by atoms with Crippen molar-refractivity contribution in [2.24, 2.45) is 0 Å². The number of sulfone groups is 1. The van der Waals surface area contributed by atoms with Crippen molar-refractivity contribution in [3.63, 3.8) is 0 Å². The van der Waals surface area contributed by atoms with Gasteiger partial charge >= 0.3 is 0 Å². The van der Waals surface area contributed by atoms with Gasteiger partial charge < -0.3 is 5.32 Å². The highest BCUT2D eigenvalue weighted by Gasteiger charge is 2.24. The lowest BCUT2D eigenvalue weighted by Crippen LogP contribution is -2.58. The average Bonchev–Trinajstić information content (AvgIpc) is 1.95. The van der Waals surface area contributed by atoms with Crippen LogP contribution in [-0.2, 0) is 9.84 Å². The molecule has 1 heterocycles. The van der Waals surface area contributed by atoms with E-state index in [0.717, 1.165) is 26.1 Å². The van der Waals surface area contributed by atoms with Gasteiger partial charge in [0.25, 0.3) is 0 Å². The zero-order chi connectivity index (χ0) is 10.6. The van der Waals surface area contributed by atoms with Gasteiger partial charge in [-0.2, -0.15) is 0 Å². The Hall–Kier alpha value is -0.130. The third-order valence-electron chi connectivity index (χ3n) is 2.54. The molecule has 1 fully saturated rings. The summed E-state index contributed by atoms with van der Waals surface area (Å²) >= 11 is 0. The van der Waals surface area contributed by atoms with Crippen LogP contribution < -0.4 is 5.32 Å². The summed E-state index contributed by atoms with van der Waals surface area (Å²) < 4.78 is 22.1. The van der Waals surface area contributed by atoms with Crippen LogP contribution >= 0.6 is 0 Å². The molecule has 1 N–H and O–H groups in total. The number of hydrogen-bond donors (Lipinski definition) is 1. The van der Waals surface area contributed by atoms with E-state index in [9.17, 15) is 8.42 Å². The van der Waals surface area contributed by atoms with E-state index in [1.54, 1.807) is 0 Å².